The summed E-state index contributed by atoms with van der Waals surface area (Å²) < 4.78 is 6.60. The number of nitrogens with zero attached hydrogens (tertiary/aromatic N) is 1. The number of pyridine rings is 1. The number of hydrogen-bond acceptors (Lipinski definition) is 3. The van der Waals surface area contributed by atoms with Gasteiger partial charge in [0.1, 0.15) is 12.4 Å². The van der Waals surface area contributed by atoms with E-state index in [2.05, 4.69) is 52.1 Å². The van der Waals surface area contributed by atoms with E-state index in [1.54, 1.807) is 12.4 Å². The lowest BCUT2D eigenvalue weighted by Crippen LogP contribution is -2.08. The zero-order valence-corrected chi connectivity index (χ0v) is 12.4. The van der Waals surface area contributed by atoms with Crippen molar-refractivity contribution < 1.29 is 4.74 Å². The van der Waals surface area contributed by atoms with Crippen molar-refractivity contribution in [3.05, 3.63) is 58.3 Å². The summed E-state index contributed by atoms with van der Waals surface area (Å²) in [6.07, 6.45) is 3.44. The van der Waals surface area contributed by atoms with Crippen molar-refractivity contribution in [2.45, 2.75) is 19.4 Å². The van der Waals surface area contributed by atoms with Crippen LogP contribution in [0.2, 0.25) is 0 Å². The van der Waals surface area contributed by atoms with Crippen LogP contribution in [0.25, 0.3) is 0 Å². The maximum Gasteiger partial charge on any atom is 0.139 e. The van der Waals surface area contributed by atoms with Gasteiger partial charge in [-0.05, 0) is 45.6 Å². The van der Waals surface area contributed by atoms with Gasteiger partial charge in [-0.25, -0.2) is 0 Å². The molecule has 0 aliphatic heterocycles. The number of ether oxygens (including phenoxy) is 1. The first-order valence-electron chi connectivity index (χ1n) is 6.21. The fourth-order valence-electron chi connectivity index (χ4n) is 1.72. The van der Waals surface area contributed by atoms with Crippen molar-refractivity contribution in [2.24, 2.45) is 5.73 Å². The van der Waals surface area contributed by atoms with Gasteiger partial charge in [-0.15, -0.1) is 0 Å². The normalized spacial score (nSPS) is 12.2. The lowest BCUT2D eigenvalue weighted by atomic mass is 10.0. The molecule has 0 spiro atoms. The van der Waals surface area contributed by atoms with Crippen LogP contribution in [0.4, 0.5) is 0 Å². The first kappa shape index (κ1) is 14.0. The van der Waals surface area contributed by atoms with E-state index in [1.165, 1.54) is 5.56 Å². The van der Waals surface area contributed by atoms with E-state index >= 15 is 0 Å². The minimum Gasteiger partial charge on any atom is -0.487 e. The van der Waals surface area contributed by atoms with Crippen molar-refractivity contribution in [2.75, 3.05) is 6.54 Å². The molecule has 0 aliphatic rings. The SMILES string of the molecule is CC(CN)c1ccc(COc2cncc(Br)c2)cc1. The Hall–Kier alpha value is -1.39. The zero-order chi connectivity index (χ0) is 13.7. The number of hydrogen-bond donors (Lipinski definition) is 1. The maximum atomic E-state index is 5.68. The smallest absolute Gasteiger partial charge is 0.139 e. The minimum atomic E-state index is 0.393. The molecule has 1 aromatic carbocycles. The van der Waals surface area contributed by atoms with Crippen molar-refractivity contribution in [3.63, 3.8) is 0 Å². The highest BCUT2D eigenvalue weighted by molar-refractivity contribution is 9.10. The van der Waals surface area contributed by atoms with Crippen molar-refractivity contribution in [3.8, 4) is 5.75 Å². The molecule has 0 amide bonds. The summed E-state index contributed by atoms with van der Waals surface area (Å²) in [7, 11) is 0. The largest absolute Gasteiger partial charge is 0.487 e. The fraction of sp³-hybridized carbons (Fsp3) is 0.267. The highest BCUT2D eigenvalue weighted by atomic mass is 79.9. The van der Waals surface area contributed by atoms with Gasteiger partial charge >= 0.3 is 0 Å². The highest BCUT2D eigenvalue weighted by Crippen LogP contribution is 2.18. The van der Waals surface area contributed by atoms with Gasteiger partial charge in [0.2, 0.25) is 0 Å². The third-order valence-corrected chi connectivity index (χ3v) is 3.42. The second-order valence-corrected chi connectivity index (χ2v) is 5.42. The Bertz CT molecular complexity index is 528. The monoisotopic (exact) mass is 320 g/mol. The van der Waals surface area contributed by atoms with Crippen LogP contribution in [0, 0.1) is 0 Å². The maximum absolute atomic E-state index is 5.68. The third-order valence-electron chi connectivity index (χ3n) is 2.99. The molecule has 0 saturated carbocycles. The molecule has 3 nitrogen and oxygen atoms in total. The van der Waals surface area contributed by atoms with Gasteiger partial charge in [0.15, 0.2) is 0 Å². The summed E-state index contributed by atoms with van der Waals surface area (Å²) in [6, 6.07) is 10.3. The number of nitrogens with two attached hydrogens (primary N) is 1. The molecule has 0 fully saturated rings. The first-order chi connectivity index (χ1) is 9.19. The average Bonchev–Trinajstić information content (AvgIpc) is 2.45. The van der Waals surface area contributed by atoms with E-state index in [-0.39, 0.29) is 0 Å². The molecule has 1 atom stereocenters. The van der Waals surface area contributed by atoms with E-state index in [9.17, 15) is 0 Å². The van der Waals surface area contributed by atoms with Crippen molar-refractivity contribution in [1.82, 2.24) is 4.98 Å². The molecule has 0 radical (unpaired) electrons. The van der Waals surface area contributed by atoms with E-state index in [4.69, 9.17) is 10.5 Å². The van der Waals surface area contributed by atoms with Crippen molar-refractivity contribution in [1.29, 1.82) is 0 Å². The Labute approximate surface area is 121 Å². The van der Waals surface area contributed by atoms with Crippen molar-refractivity contribution >= 4 is 15.9 Å². The third kappa shape index (κ3) is 4.04. The van der Waals surface area contributed by atoms with Crippen LogP contribution >= 0.6 is 15.9 Å². The van der Waals surface area contributed by atoms with Gasteiger partial charge in [-0.3, -0.25) is 4.98 Å². The van der Waals surface area contributed by atoms with Gasteiger partial charge in [0.25, 0.3) is 0 Å². The highest BCUT2D eigenvalue weighted by Gasteiger charge is 2.03. The van der Waals surface area contributed by atoms with Gasteiger partial charge in [0.05, 0.1) is 6.20 Å². The number of rotatable bonds is 5. The standard InChI is InChI=1S/C15H17BrN2O/c1-11(7-17)13-4-2-12(3-5-13)10-19-15-6-14(16)8-18-9-15/h2-6,8-9,11H,7,10,17H2,1H3. The molecule has 2 N–H and O–H groups in total. The van der Waals surface area contributed by atoms with Crippen LogP contribution in [-0.2, 0) is 6.61 Å². The van der Waals surface area contributed by atoms with Crippen LogP contribution in [0.15, 0.2) is 47.2 Å². The van der Waals surface area contributed by atoms with Gasteiger partial charge in [-0.2, -0.15) is 0 Å². The second-order valence-electron chi connectivity index (χ2n) is 4.51. The molecular weight excluding hydrogens is 304 g/mol. The molecule has 1 unspecified atom stereocenters. The molecule has 2 aromatic rings. The summed E-state index contributed by atoms with van der Waals surface area (Å²) in [6.45, 7) is 3.33. The quantitative estimate of drug-likeness (QED) is 0.917. The van der Waals surface area contributed by atoms with Crippen LogP contribution in [-0.4, -0.2) is 11.5 Å². The van der Waals surface area contributed by atoms with E-state index in [1.807, 2.05) is 6.07 Å². The molecule has 19 heavy (non-hydrogen) atoms. The lowest BCUT2D eigenvalue weighted by Gasteiger charge is -2.10. The van der Waals surface area contributed by atoms with Gasteiger partial charge in [-0.1, -0.05) is 31.2 Å². The fourth-order valence-corrected chi connectivity index (χ4v) is 2.06. The number of benzene rings is 1. The van der Waals surface area contributed by atoms with Gasteiger partial charge < -0.3 is 10.5 Å². The van der Waals surface area contributed by atoms with Gasteiger partial charge in [0, 0.05) is 10.7 Å². The van der Waals surface area contributed by atoms with Crippen LogP contribution in [0.5, 0.6) is 5.75 Å². The van der Waals surface area contributed by atoms with Crippen LogP contribution in [0.1, 0.15) is 24.0 Å². The summed E-state index contributed by atoms with van der Waals surface area (Å²) in [5.41, 5.74) is 8.05. The zero-order valence-electron chi connectivity index (χ0n) is 10.8. The molecule has 100 valence electrons. The number of aromatic nitrogens is 1. The summed E-state index contributed by atoms with van der Waals surface area (Å²) in [5, 5.41) is 0. The molecule has 1 heterocycles. The molecule has 1 aromatic heterocycles. The lowest BCUT2D eigenvalue weighted by molar-refractivity contribution is 0.304. The van der Waals surface area contributed by atoms with Crippen LogP contribution in [0.3, 0.4) is 0 Å². The van der Waals surface area contributed by atoms with E-state index < -0.39 is 0 Å². The Morgan fingerprint density at radius 1 is 1.26 bits per heavy atom. The number of halogens is 1. The van der Waals surface area contributed by atoms with Crippen LogP contribution < -0.4 is 10.5 Å². The predicted octanol–water partition coefficient (Wildman–Crippen LogP) is 3.49. The molecular formula is C15H17BrN2O. The predicted molar refractivity (Wildman–Crippen MR) is 80.2 cm³/mol. The molecule has 0 aliphatic carbocycles. The molecule has 0 bridgehead atoms. The molecule has 4 heteroatoms. The average molecular weight is 321 g/mol. The Morgan fingerprint density at radius 3 is 2.63 bits per heavy atom. The summed E-state index contributed by atoms with van der Waals surface area (Å²) >= 11 is 3.37. The topological polar surface area (TPSA) is 48.1 Å². The Morgan fingerprint density at radius 2 is 2.00 bits per heavy atom. The first-order valence-corrected chi connectivity index (χ1v) is 7.00. The summed E-state index contributed by atoms with van der Waals surface area (Å²) in [5.74, 6) is 1.15. The van der Waals surface area contributed by atoms with E-state index in [0.29, 0.717) is 19.1 Å². The molecule has 2 rings (SSSR count). The summed E-state index contributed by atoms with van der Waals surface area (Å²) in [4.78, 5) is 4.06. The van der Waals surface area contributed by atoms with E-state index in [0.717, 1.165) is 15.8 Å². The Balaban J connectivity index is 1.96. The Kier molecular flexibility index (Phi) is 4.93. The second kappa shape index (κ2) is 6.68. The molecule has 0 saturated heterocycles. The minimum absolute atomic E-state index is 0.393.